The van der Waals surface area contributed by atoms with Gasteiger partial charge in [-0.1, -0.05) is 72.3 Å². The highest BCUT2D eigenvalue weighted by atomic mass is 35.5. The van der Waals surface area contributed by atoms with E-state index in [1.807, 2.05) is 72.8 Å². The molecular weight excluding hydrogens is 564 g/mol. The van der Waals surface area contributed by atoms with Crippen molar-refractivity contribution in [3.8, 4) is 5.75 Å². The Hall–Kier alpha value is -4.62. The van der Waals surface area contributed by atoms with E-state index in [4.69, 9.17) is 16.3 Å². The van der Waals surface area contributed by atoms with Gasteiger partial charge in [0.2, 0.25) is 5.91 Å². The van der Waals surface area contributed by atoms with E-state index in [1.165, 1.54) is 0 Å². The number of aliphatic carboxylic acids is 1. The van der Waals surface area contributed by atoms with E-state index in [0.717, 1.165) is 11.1 Å². The molecule has 4 aromatic carbocycles. The fourth-order valence-corrected chi connectivity index (χ4v) is 5.14. The monoisotopic (exact) mass is 598 g/mol. The largest absolute Gasteiger partial charge is 0.497 e. The summed E-state index contributed by atoms with van der Waals surface area (Å²) in [7, 11) is 1.58. The summed E-state index contributed by atoms with van der Waals surface area (Å²) < 4.78 is 5.28. The molecule has 8 heteroatoms. The lowest BCUT2D eigenvalue weighted by molar-refractivity contribution is -0.138. The number of rotatable bonds is 14. The Morgan fingerprint density at radius 3 is 1.84 bits per heavy atom. The second-order valence-corrected chi connectivity index (χ2v) is 10.5. The van der Waals surface area contributed by atoms with Gasteiger partial charge in [-0.2, -0.15) is 0 Å². The summed E-state index contributed by atoms with van der Waals surface area (Å²) in [4.78, 5) is 42.3. The highest BCUT2D eigenvalue weighted by Gasteiger charge is 2.27. The first-order chi connectivity index (χ1) is 20.9. The van der Waals surface area contributed by atoms with Crippen LogP contribution < -0.4 is 9.64 Å². The van der Waals surface area contributed by atoms with Crippen molar-refractivity contribution in [2.75, 3.05) is 25.1 Å². The van der Waals surface area contributed by atoms with E-state index in [1.54, 1.807) is 53.3 Å². The van der Waals surface area contributed by atoms with Crippen molar-refractivity contribution >= 4 is 35.1 Å². The van der Waals surface area contributed by atoms with Gasteiger partial charge in [-0.25, -0.2) is 0 Å². The number of carboxylic acids is 1. The van der Waals surface area contributed by atoms with Gasteiger partial charge in [0.15, 0.2) is 0 Å². The molecule has 0 fully saturated rings. The fourth-order valence-electron chi connectivity index (χ4n) is 5.01. The Bertz CT molecular complexity index is 1440. The van der Waals surface area contributed by atoms with Crippen LogP contribution >= 0.6 is 11.6 Å². The lowest BCUT2D eigenvalue weighted by atomic mass is 9.96. The summed E-state index contributed by atoms with van der Waals surface area (Å²) in [6, 6.07) is 33.0. The number of benzene rings is 4. The van der Waals surface area contributed by atoms with E-state index >= 15 is 0 Å². The number of nitrogens with zero attached hydrogens (tertiary/aromatic N) is 2. The van der Waals surface area contributed by atoms with Crippen molar-refractivity contribution < 1.29 is 24.2 Å². The number of carbonyl (C=O) groups excluding carboxylic acids is 2. The van der Waals surface area contributed by atoms with Gasteiger partial charge in [0.25, 0.3) is 5.91 Å². The van der Waals surface area contributed by atoms with Crippen molar-refractivity contribution in [3.63, 3.8) is 0 Å². The maximum absolute atomic E-state index is 13.9. The first kappa shape index (κ1) is 31.3. The van der Waals surface area contributed by atoms with Gasteiger partial charge >= 0.3 is 5.97 Å². The summed E-state index contributed by atoms with van der Waals surface area (Å²) in [6.45, 7) is 0.579. The zero-order chi connectivity index (χ0) is 30.6. The molecule has 0 bridgehead atoms. The van der Waals surface area contributed by atoms with Crippen LogP contribution in [0, 0.1) is 0 Å². The smallest absolute Gasteiger partial charge is 0.303 e. The van der Waals surface area contributed by atoms with Gasteiger partial charge in [-0.15, -0.1) is 0 Å². The quantitative estimate of drug-likeness (QED) is 0.165. The number of ether oxygens (including phenoxy) is 1. The molecule has 0 unspecified atom stereocenters. The Labute approximate surface area is 257 Å². The third-order valence-electron chi connectivity index (χ3n) is 7.15. The molecule has 222 valence electrons. The van der Waals surface area contributed by atoms with Crippen LogP contribution in [0.3, 0.4) is 0 Å². The first-order valence-corrected chi connectivity index (χ1v) is 14.6. The maximum atomic E-state index is 13.9. The Morgan fingerprint density at radius 1 is 0.744 bits per heavy atom. The predicted molar refractivity (Wildman–Crippen MR) is 169 cm³/mol. The highest BCUT2D eigenvalue weighted by Crippen LogP contribution is 2.30. The van der Waals surface area contributed by atoms with Crippen LogP contribution in [-0.2, 0) is 9.59 Å². The topological polar surface area (TPSA) is 87.2 Å². The third-order valence-corrected chi connectivity index (χ3v) is 7.40. The Morgan fingerprint density at radius 2 is 1.30 bits per heavy atom. The molecular formula is C35H35ClN2O5. The molecule has 4 aromatic rings. The number of methoxy groups -OCH3 is 1. The lowest BCUT2D eigenvalue weighted by Crippen LogP contribution is -2.37. The number of halogens is 1. The SMILES string of the molecule is COc1ccc(N(CCCC(=O)N(CCCC(=O)O)C(c2ccccc2)c2ccccc2)C(=O)c2ccc(Cl)cc2)cc1. The average Bonchev–Trinajstić information content (AvgIpc) is 3.03. The van der Waals surface area contributed by atoms with Crippen LogP contribution in [0.15, 0.2) is 109 Å². The summed E-state index contributed by atoms with van der Waals surface area (Å²) in [5, 5.41) is 9.82. The van der Waals surface area contributed by atoms with E-state index in [-0.39, 0.29) is 37.2 Å². The molecule has 1 N–H and O–H groups in total. The van der Waals surface area contributed by atoms with Crippen LogP contribution in [0.5, 0.6) is 5.75 Å². The van der Waals surface area contributed by atoms with Crippen LogP contribution in [0.25, 0.3) is 0 Å². The maximum Gasteiger partial charge on any atom is 0.303 e. The summed E-state index contributed by atoms with van der Waals surface area (Å²) in [5.41, 5.74) is 3.04. The van der Waals surface area contributed by atoms with Crippen molar-refractivity contribution in [2.45, 2.75) is 31.7 Å². The molecule has 0 saturated heterocycles. The van der Waals surface area contributed by atoms with Crippen molar-refractivity contribution in [3.05, 3.63) is 131 Å². The summed E-state index contributed by atoms with van der Waals surface area (Å²) >= 11 is 6.05. The molecule has 0 aliphatic rings. The van der Waals surface area contributed by atoms with Crippen LogP contribution in [-0.4, -0.2) is 48.0 Å². The molecule has 0 atom stereocenters. The molecule has 0 aromatic heterocycles. The lowest BCUT2D eigenvalue weighted by Gasteiger charge is -2.33. The van der Waals surface area contributed by atoms with Crippen molar-refractivity contribution in [1.82, 2.24) is 4.90 Å². The summed E-state index contributed by atoms with van der Waals surface area (Å²) in [6.07, 6.45) is 0.852. The van der Waals surface area contributed by atoms with Gasteiger partial charge in [-0.05, 0) is 72.5 Å². The highest BCUT2D eigenvalue weighted by molar-refractivity contribution is 6.30. The van der Waals surface area contributed by atoms with E-state index < -0.39 is 5.97 Å². The number of hydrogen-bond donors (Lipinski definition) is 1. The molecule has 0 spiro atoms. The van der Waals surface area contributed by atoms with Gasteiger partial charge in [0, 0.05) is 42.2 Å². The second-order valence-electron chi connectivity index (χ2n) is 10.1. The molecule has 0 saturated carbocycles. The minimum Gasteiger partial charge on any atom is -0.497 e. The zero-order valence-corrected chi connectivity index (χ0v) is 24.8. The molecule has 0 heterocycles. The van der Waals surface area contributed by atoms with Gasteiger partial charge in [0.1, 0.15) is 5.75 Å². The molecule has 4 rings (SSSR count). The minimum absolute atomic E-state index is 0.0408. The Kier molecular flexibility index (Phi) is 11.3. The molecule has 7 nitrogen and oxygen atoms in total. The standard InChI is InChI=1S/C35H35ClN2O5/c1-43-31-22-20-30(21-23-31)37(35(42)28-16-18-29(36)19-17-28)24-8-14-32(39)38(25-9-15-33(40)41)34(26-10-4-2-5-11-26)27-12-6-3-7-13-27/h2-7,10-13,16-23,34H,8-9,14-15,24-25H2,1H3,(H,40,41). The normalized spacial score (nSPS) is 10.8. The average molecular weight is 599 g/mol. The molecule has 43 heavy (non-hydrogen) atoms. The first-order valence-electron chi connectivity index (χ1n) is 14.2. The molecule has 0 radical (unpaired) electrons. The van der Waals surface area contributed by atoms with Gasteiger partial charge < -0.3 is 19.6 Å². The minimum atomic E-state index is -0.904. The van der Waals surface area contributed by atoms with Crippen LogP contribution in [0.1, 0.15) is 53.2 Å². The molecule has 0 aliphatic heterocycles. The number of amides is 2. The van der Waals surface area contributed by atoms with Gasteiger partial charge in [0.05, 0.1) is 13.2 Å². The predicted octanol–water partition coefficient (Wildman–Crippen LogP) is 7.26. The molecule has 0 aliphatic carbocycles. The van der Waals surface area contributed by atoms with E-state index in [9.17, 15) is 19.5 Å². The fraction of sp³-hybridized carbons (Fsp3) is 0.229. The van der Waals surface area contributed by atoms with E-state index in [2.05, 4.69) is 0 Å². The number of hydrogen-bond acceptors (Lipinski definition) is 4. The van der Waals surface area contributed by atoms with Crippen molar-refractivity contribution in [1.29, 1.82) is 0 Å². The number of carbonyl (C=O) groups is 3. The van der Waals surface area contributed by atoms with Crippen LogP contribution in [0.4, 0.5) is 5.69 Å². The van der Waals surface area contributed by atoms with Crippen molar-refractivity contribution in [2.24, 2.45) is 0 Å². The van der Waals surface area contributed by atoms with Gasteiger partial charge in [-0.3, -0.25) is 14.4 Å². The Balaban J connectivity index is 1.57. The van der Waals surface area contributed by atoms with E-state index in [0.29, 0.717) is 41.4 Å². The third kappa shape index (κ3) is 8.69. The summed E-state index contributed by atoms with van der Waals surface area (Å²) in [5.74, 6) is -0.558. The number of carboxylic acid groups (broad SMARTS) is 1. The zero-order valence-electron chi connectivity index (χ0n) is 24.1. The van der Waals surface area contributed by atoms with Crippen LogP contribution in [0.2, 0.25) is 5.02 Å². The second kappa shape index (κ2) is 15.6. The molecule has 2 amide bonds. The number of anilines is 1.